The lowest BCUT2D eigenvalue weighted by Crippen LogP contribution is -2.42. The van der Waals surface area contributed by atoms with Crippen LogP contribution in [0, 0.1) is 0 Å². The largest absolute Gasteiger partial charge is 0.500 e. The highest BCUT2D eigenvalue weighted by molar-refractivity contribution is 5.35. The second-order valence-corrected chi connectivity index (χ2v) is 5.73. The van der Waals surface area contributed by atoms with E-state index in [-0.39, 0.29) is 0 Å². The molecule has 0 bridgehead atoms. The Labute approximate surface area is 135 Å². The lowest BCUT2D eigenvalue weighted by molar-refractivity contribution is 0.190. The molecule has 4 nitrogen and oxygen atoms in total. The Balaban J connectivity index is 3.04. The molecule has 0 fully saturated rings. The van der Waals surface area contributed by atoms with Gasteiger partial charge in [-0.25, -0.2) is 0 Å². The zero-order chi connectivity index (χ0) is 16.7. The number of methoxy groups -OCH3 is 1. The number of nitrogens with one attached hydrogen (secondary N) is 1. The van der Waals surface area contributed by atoms with Gasteiger partial charge in [-0.05, 0) is 18.9 Å². The summed E-state index contributed by atoms with van der Waals surface area (Å²) in [6.07, 6.45) is 4.95. The molecule has 4 heteroatoms. The molecular weight excluding hydrogens is 274 g/mol. The molecule has 1 aliphatic rings. The number of ether oxygens (including phenoxy) is 1. The van der Waals surface area contributed by atoms with Crippen LogP contribution in [0.5, 0.6) is 0 Å². The van der Waals surface area contributed by atoms with E-state index in [1.807, 2.05) is 7.05 Å². The molecule has 1 unspecified atom stereocenters. The molecule has 0 aromatic rings. The van der Waals surface area contributed by atoms with Gasteiger partial charge in [-0.1, -0.05) is 38.2 Å². The Bertz CT molecular complexity index is 459. The first-order chi connectivity index (χ1) is 10.5. The van der Waals surface area contributed by atoms with Crippen LogP contribution in [0.1, 0.15) is 33.1 Å². The molecule has 0 amide bonds. The van der Waals surface area contributed by atoms with Crippen LogP contribution in [0.4, 0.5) is 0 Å². The van der Waals surface area contributed by atoms with Crippen LogP contribution in [0.15, 0.2) is 47.5 Å². The predicted molar refractivity (Wildman–Crippen MR) is 94.2 cm³/mol. The minimum Gasteiger partial charge on any atom is -0.500 e. The Morgan fingerprint density at radius 3 is 2.59 bits per heavy atom. The SMILES string of the molecule is C=C(CC)CN(CC(=C)OC)C1CC(NC)=C(N)C=C1CC. The van der Waals surface area contributed by atoms with E-state index in [1.54, 1.807) is 7.11 Å². The van der Waals surface area contributed by atoms with Crippen LogP contribution in [0.2, 0.25) is 0 Å². The maximum atomic E-state index is 6.14. The van der Waals surface area contributed by atoms with Crippen molar-refractivity contribution in [1.29, 1.82) is 0 Å². The third-order valence-corrected chi connectivity index (χ3v) is 4.26. The second-order valence-electron chi connectivity index (χ2n) is 5.73. The Hall–Kier alpha value is -1.68. The molecule has 1 rings (SSSR count). The van der Waals surface area contributed by atoms with Gasteiger partial charge in [-0.3, -0.25) is 4.90 Å². The lowest BCUT2D eigenvalue weighted by Gasteiger charge is -2.37. The van der Waals surface area contributed by atoms with E-state index in [1.165, 1.54) is 11.1 Å². The highest BCUT2D eigenvalue weighted by Crippen LogP contribution is 2.28. The van der Waals surface area contributed by atoms with Gasteiger partial charge in [-0.15, -0.1) is 0 Å². The van der Waals surface area contributed by atoms with Crippen LogP contribution in [-0.2, 0) is 4.74 Å². The Morgan fingerprint density at radius 2 is 2.09 bits per heavy atom. The Kier molecular flexibility index (Phi) is 7.25. The summed E-state index contributed by atoms with van der Waals surface area (Å²) in [5, 5.41) is 3.23. The molecule has 1 aliphatic carbocycles. The molecule has 0 radical (unpaired) electrons. The maximum Gasteiger partial charge on any atom is 0.102 e. The van der Waals surface area contributed by atoms with Gasteiger partial charge in [0.2, 0.25) is 0 Å². The van der Waals surface area contributed by atoms with Crippen LogP contribution in [0.3, 0.4) is 0 Å². The van der Waals surface area contributed by atoms with Gasteiger partial charge >= 0.3 is 0 Å². The number of nitrogens with two attached hydrogens (primary N) is 1. The number of hydrogen-bond acceptors (Lipinski definition) is 4. The molecule has 0 aromatic heterocycles. The number of allylic oxidation sites excluding steroid dienone is 1. The Morgan fingerprint density at radius 1 is 1.41 bits per heavy atom. The molecule has 124 valence electrons. The zero-order valence-electron chi connectivity index (χ0n) is 14.5. The minimum absolute atomic E-state index is 0.301. The average molecular weight is 305 g/mol. The molecule has 3 N–H and O–H groups in total. The zero-order valence-corrected chi connectivity index (χ0v) is 14.5. The molecule has 1 atom stereocenters. The van der Waals surface area contributed by atoms with Gasteiger partial charge in [-0.2, -0.15) is 0 Å². The highest BCUT2D eigenvalue weighted by atomic mass is 16.5. The van der Waals surface area contributed by atoms with Crippen molar-refractivity contribution in [2.24, 2.45) is 5.73 Å². The van der Waals surface area contributed by atoms with Gasteiger partial charge in [0.15, 0.2) is 0 Å². The first-order valence-electron chi connectivity index (χ1n) is 7.96. The van der Waals surface area contributed by atoms with Crippen molar-refractivity contribution < 1.29 is 4.74 Å². The molecule has 0 aromatic carbocycles. The standard InChI is InChI=1S/C18H31N3O/c1-7-13(3)11-21(12-14(4)22-6)18-10-17(20-5)16(19)9-15(18)8-2/h9,18,20H,3-4,7-8,10-12,19H2,1-2,5-6H3. The van der Waals surface area contributed by atoms with Crippen LogP contribution in [-0.4, -0.2) is 38.2 Å². The topological polar surface area (TPSA) is 50.5 Å². The van der Waals surface area contributed by atoms with Crippen molar-refractivity contribution >= 4 is 0 Å². The van der Waals surface area contributed by atoms with Crippen molar-refractivity contribution in [2.45, 2.75) is 39.2 Å². The fourth-order valence-electron chi connectivity index (χ4n) is 2.74. The van der Waals surface area contributed by atoms with E-state index in [9.17, 15) is 0 Å². The molecule has 22 heavy (non-hydrogen) atoms. The van der Waals surface area contributed by atoms with Crippen molar-refractivity contribution in [2.75, 3.05) is 27.2 Å². The summed E-state index contributed by atoms with van der Waals surface area (Å²) in [5.74, 6) is 0.771. The molecule has 0 saturated heterocycles. The minimum atomic E-state index is 0.301. The molecule has 0 heterocycles. The summed E-state index contributed by atoms with van der Waals surface area (Å²) in [6.45, 7) is 14.0. The molecule has 0 aliphatic heterocycles. The van der Waals surface area contributed by atoms with Crippen LogP contribution in [0.25, 0.3) is 0 Å². The van der Waals surface area contributed by atoms with E-state index >= 15 is 0 Å². The summed E-state index contributed by atoms with van der Waals surface area (Å²) in [7, 11) is 3.59. The predicted octanol–water partition coefficient (Wildman–Crippen LogP) is 2.91. The fraction of sp³-hybridized carbons (Fsp3) is 0.556. The average Bonchev–Trinajstić information content (AvgIpc) is 2.53. The third-order valence-electron chi connectivity index (χ3n) is 4.26. The van der Waals surface area contributed by atoms with Crippen LogP contribution < -0.4 is 11.1 Å². The van der Waals surface area contributed by atoms with E-state index in [2.05, 4.69) is 43.3 Å². The van der Waals surface area contributed by atoms with Crippen molar-refractivity contribution in [3.63, 3.8) is 0 Å². The van der Waals surface area contributed by atoms with Crippen LogP contribution >= 0.6 is 0 Å². The number of hydrogen-bond donors (Lipinski definition) is 2. The van der Waals surface area contributed by atoms with E-state index in [4.69, 9.17) is 10.5 Å². The highest BCUT2D eigenvalue weighted by Gasteiger charge is 2.27. The summed E-state index contributed by atoms with van der Waals surface area (Å²) >= 11 is 0. The summed E-state index contributed by atoms with van der Waals surface area (Å²) in [5.41, 5.74) is 10.6. The van der Waals surface area contributed by atoms with Gasteiger partial charge in [0.1, 0.15) is 5.76 Å². The van der Waals surface area contributed by atoms with Gasteiger partial charge in [0.25, 0.3) is 0 Å². The van der Waals surface area contributed by atoms with E-state index in [0.29, 0.717) is 12.6 Å². The lowest BCUT2D eigenvalue weighted by atomic mass is 9.91. The molecule has 0 saturated carbocycles. The summed E-state index contributed by atoms with van der Waals surface area (Å²) in [4.78, 5) is 2.39. The van der Waals surface area contributed by atoms with Gasteiger partial charge in [0, 0.05) is 31.8 Å². The number of nitrogens with zero attached hydrogens (tertiary/aromatic N) is 1. The first-order valence-corrected chi connectivity index (χ1v) is 7.96. The smallest absolute Gasteiger partial charge is 0.102 e. The maximum absolute atomic E-state index is 6.14. The number of rotatable bonds is 9. The summed E-state index contributed by atoms with van der Waals surface area (Å²) in [6, 6.07) is 0.301. The third kappa shape index (κ3) is 4.67. The van der Waals surface area contributed by atoms with Crippen molar-refractivity contribution in [1.82, 2.24) is 10.2 Å². The summed E-state index contributed by atoms with van der Waals surface area (Å²) < 4.78 is 5.29. The van der Waals surface area contributed by atoms with Gasteiger partial charge < -0.3 is 15.8 Å². The first kappa shape index (κ1) is 18.4. The van der Waals surface area contributed by atoms with Crippen molar-refractivity contribution in [3.8, 4) is 0 Å². The quantitative estimate of drug-likeness (QED) is 0.508. The molecule has 0 spiro atoms. The van der Waals surface area contributed by atoms with E-state index < -0.39 is 0 Å². The van der Waals surface area contributed by atoms with Crippen molar-refractivity contribution in [3.05, 3.63) is 47.5 Å². The second kappa shape index (κ2) is 8.69. The normalized spacial score (nSPS) is 18.2. The molecular formula is C18H31N3O. The van der Waals surface area contributed by atoms with E-state index in [0.717, 1.165) is 43.0 Å². The fourth-order valence-corrected chi connectivity index (χ4v) is 2.74. The van der Waals surface area contributed by atoms with Gasteiger partial charge in [0.05, 0.1) is 19.4 Å². The monoisotopic (exact) mass is 305 g/mol.